The molecule has 2 heterocycles. The van der Waals surface area contributed by atoms with Crippen LogP contribution in [0, 0.1) is 0 Å². The molecule has 1 saturated heterocycles. The van der Waals surface area contributed by atoms with Crippen LogP contribution in [0.5, 0.6) is 0 Å². The first-order chi connectivity index (χ1) is 11.3. The van der Waals surface area contributed by atoms with E-state index < -0.39 is 12.1 Å². The molecule has 7 heteroatoms. The minimum Gasteiger partial charge on any atom is -0.475 e. The van der Waals surface area contributed by atoms with Gasteiger partial charge in [-0.1, -0.05) is 19.1 Å². The van der Waals surface area contributed by atoms with Gasteiger partial charge in [-0.2, -0.15) is 13.2 Å². The minimum absolute atomic E-state index is 0.726. The topological polar surface area (TPSA) is 58.6 Å². The average molecular weight is 345 g/mol. The largest absolute Gasteiger partial charge is 0.490 e. The lowest BCUT2D eigenvalue weighted by atomic mass is 9.85. The summed E-state index contributed by atoms with van der Waals surface area (Å²) in [6.07, 6.45) is -1.54. The first-order valence-corrected chi connectivity index (χ1v) is 8.06. The van der Waals surface area contributed by atoms with Crippen LogP contribution in [0.4, 0.5) is 13.2 Å². The van der Waals surface area contributed by atoms with E-state index in [1.807, 2.05) is 0 Å². The summed E-state index contributed by atoms with van der Waals surface area (Å²) in [6.45, 7) is 6.24. The van der Waals surface area contributed by atoms with E-state index >= 15 is 0 Å². The second kappa shape index (κ2) is 7.98. The molecule has 0 spiro atoms. The fraction of sp³-hybridized carbons (Fsp3) is 0.588. The number of ether oxygens (including phenoxy) is 1. The van der Waals surface area contributed by atoms with Crippen LogP contribution in [0.15, 0.2) is 12.1 Å². The number of halogens is 3. The Balaban J connectivity index is 0.000000256. The summed E-state index contributed by atoms with van der Waals surface area (Å²) in [6, 6.07) is 4.89. The number of aliphatic carboxylic acids is 1. The Bertz CT molecular complexity index is 581. The Hall–Kier alpha value is -1.60. The van der Waals surface area contributed by atoms with E-state index in [9.17, 15) is 13.2 Å². The summed E-state index contributed by atoms with van der Waals surface area (Å²) < 4.78 is 37.2. The average Bonchev–Trinajstić information content (AvgIpc) is 3.01. The molecule has 3 rings (SSSR count). The van der Waals surface area contributed by atoms with E-state index in [2.05, 4.69) is 24.4 Å². The summed E-state index contributed by atoms with van der Waals surface area (Å²) in [5, 5.41) is 10.6. The summed E-state index contributed by atoms with van der Waals surface area (Å²) in [5.41, 5.74) is 6.18. The molecular formula is C17H22F3NO3. The fourth-order valence-corrected chi connectivity index (χ4v) is 3.12. The molecule has 1 aromatic carbocycles. The second-order valence-corrected chi connectivity index (χ2v) is 5.97. The maximum Gasteiger partial charge on any atom is 0.490 e. The van der Waals surface area contributed by atoms with Crippen molar-refractivity contribution in [3.63, 3.8) is 0 Å². The van der Waals surface area contributed by atoms with Crippen molar-refractivity contribution < 1.29 is 27.8 Å². The molecule has 1 fully saturated rings. The van der Waals surface area contributed by atoms with Crippen molar-refractivity contribution in [3.8, 4) is 0 Å². The van der Waals surface area contributed by atoms with Crippen molar-refractivity contribution in [2.45, 2.75) is 51.4 Å². The molecule has 0 atom stereocenters. The normalized spacial score (nSPS) is 17.8. The molecule has 4 nitrogen and oxygen atoms in total. The zero-order valence-electron chi connectivity index (χ0n) is 13.6. The van der Waals surface area contributed by atoms with Gasteiger partial charge in [-0.05, 0) is 47.4 Å². The second-order valence-electron chi connectivity index (χ2n) is 5.97. The molecule has 134 valence electrons. The summed E-state index contributed by atoms with van der Waals surface area (Å²) in [7, 11) is 0. The molecule has 0 saturated carbocycles. The number of aryl methyl sites for hydroxylation is 1. The maximum absolute atomic E-state index is 10.6. The van der Waals surface area contributed by atoms with Crippen molar-refractivity contribution in [1.29, 1.82) is 0 Å². The van der Waals surface area contributed by atoms with Crippen LogP contribution < -0.4 is 5.32 Å². The molecule has 2 aliphatic rings. The third-order valence-corrected chi connectivity index (χ3v) is 4.38. The number of rotatable bonds is 2. The van der Waals surface area contributed by atoms with Gasteiger partial charge in [0.2, 0.25) is 0 Å². The number of nitrogens with one attached hydrogen (secondary N) is 1. The Morgan fingerprint density at radius 1 is 1.25 bits per heavy atom. The smallest absolute Gasteiger partial charge is 0.475 e. The van der Waals surface area contributed by atoms with Crippen LogP contribution in [0.3, 0.4) is 0 Å². The van der Waals surface area contributed by atoms with Crippen LogP contribution in [0.25, 0.3) is 0 Å². The molecule has 0 unspecified atom stereocenters. The number of hydrogen-bond acceptors (Lipinski definition) is 3. The van der Waals surface area contributed by atoms with E-state index in [1.54, 1.807) is 11.1 Å². The van der Waals surface area contributed by atoms with Gasteiger partial charge in [-0.3, -0.25) is 0 Å². The lowest BCUT2D eigenvalue weighted by Crippen LogP contribution is -2.21. The van der Waals surface area contributed by atoms with Crippen molar-refractivity contribution >= 4 is 5.97 Å². The molecule has 2 aliphatic heterocycles. The van der Waals surface area contributed by atoms with Crippen molar-refractivity contribution in [1.82, 2.24) is 5.32 Å². The fourth-order valence-electron chi connectivity index (χ4n) is 3.12. The summed E-state index contributed by atoms with van der Waals surface area (Å²) in [5.74, 6) is -2.03. The van der Waals surface area contributed by atoms with Crippen LogP contribution in [0.1, 0.15) is 47.9 Å². The van der Waals surface area contributed by atoms with Crippen molar-refractivity contribution in [2.75, 3.05) is 13.2 Å². The maximum atomic E-state index is 10.6. The highest BCUT2D eigenvalue weighted by Crippen LogP contribution is 2.32. The van der Waals surface area contributed by atoms with Crippen molar-refractivity contribution in [2.24, 2.45) is 0 Å². The van der Waals surface area contributed by atoms with E-state index in [0.717, 1.165) is 38.6 Å². The predicted molar refractivity (Wildman–Crippen MR) is 82.8 cm³/mol. The highest BCUT2D eigenvalue weighted by Gasteiger charge is 2.38. The van der Waals surface area contributed by atoms with Crippen LogP contribution in [0.2, 0.25) is 0 Å². The Kier molecular flexibility index (Phi) is 6.23. The Morgan fingerprint density at radius 2 is 1.79 bits per heavy atom. The summed E-state index contributed by atoms with van der Waals surface area (Å²) >= 11 is 0. The molecule has 0 aliphatic carbocycles. The molecule has 0 radical (unpaired) electrons. The lowest BCUT2D eigenvalue weighted by molar-refractivity contribution is -0.192. The van der Waals surface area contributed by atoms with Gasteiger partial charge in [0.15, 0.2) is 0 Å². The number of carboxylic acid groups (broad SMARTS) is 1. The van der Waals surface area contributed by atoms with E-state index in [4.69, 9.17) is 14.6 Å². The molecular weight excluding hydrogens is 323 g/mol. The Labute approximate surface area is 139 Å². The third kappa shape index (κ3) is 4.70. The number of benzene rings is 1. The van der Waals surface area contributed by atoms with Crippen molar-refractivity contribution in [3.05, 3.63) is 34.4 Å². The van der Waals surface area contributed by atoms with E-state index in [1.165, 1.54) is 24.0 Å². The number of alkyl halides is 3. The quantitative estimate of drug-likeness (QED) is 0.863. The Morgan fingerprint density at radius 3 is 2.29 bits per heavy atom. The van der Waals surface area contributed by atoms with Gasteiger partial charge < -0.3 is 15.2 Å². The zero-order chi connectivity index (χ0) is 17.7. The van der Waals surface area contributed by atoms with Crippen LogP contribution in [-0.4, -0.2) is 30.5 Å². The molecule has 0 bridgehead atoms. The predicted octanol–water partition coefficient (Wildman–Crippen LogP) is 3.38. The highest BCUT2D eigenvalue weighted by atomic mass is 19.4. The molecule has 24 heavy (non-hydrogen) atoms. The number of fused-ring (bicyclic) bond motifs is 1. The minimum atomic E-state index is -5.08. The van der Waals surface area contributed by atoms with Gasteiger partial charge in [0.05, 0.1) is 0 Å². The SMILES string of the molecule is CCc1cc2c(cc1C1CCOCC1)CNC2.O=C(O)C(F)(F)F. The number of hydrogen-bond donors (Lipinski definition) is 2. The van der Waals surface area contributed by atoms with Crippen LogP contribution in [-0.2, 0) is 29.0 Å². The number of carbonyl (C=O) groups is 1. The van der Waals surface area contributed by atoms with Gasteiger partial charge in [-0.15, -0.1) is 0 Å². The number of carboxylic acids is 1. The lowest BCUT2D eigenvalue weighted by Gasteiger charge is -2.25. The molecule has 0 amide bonds. The molecule has 2 N–H and O–H groups in total. The zero-order valence-corrected chi connectivity index (χ0v) is 13.6. The first kappa shape index (κ1) is 18.7. The third-order valence-electron chi connectivity index (χ3n) is 4.38. The van der Waals surface area contributed by atoms with Gasteiger partial charge >= 0.3 is 12.1 Å². The van der Waals surface area contributed by atoms with E-state index in [-0.39, 0.29) is 0 Å². The monoisotopic (exact) mass is 345 g/mol. The standard InChI is InChI=1S/C15H21NO.C2HF3O2/c1-2-11-7-13-9-16-10-14(13)8-15(11)12-3-5-17-6-4-12;3-2(4,5)1(6)7/h7-8,12,16H,2-6,9-10H2,1H3;(H,6,7). The highest BCUT2D eigenvalue weighted by molar-refractivity contribution is 5.73. The molecule has 0 aromatic heterocycles. The molecule has 1 aromatic rings. The first-order valence-electron chi connectivity index (χ1n) is 8.06. The van der Waals surface area contributed by atoms with Gasteiger partial charge in [0.1, 0.15) is 0 Å². The van der Waals surface area contributed by atoms with Crippen LogP contribution >= 0.6 is 0 Å². The summed E-state index contributed by atoms with van der Waals surface area (Å²) in [4.78, 5) is 8.90. The van der Waals surface area contributed by atoms with E-state index in [0.29, 0.717) is 0 Å². The van der Waals surface area contributed by atoms with Gasteiger partial charge in [-0.25, -0.2) is 4.79 Å². The van der Waals surface area contributed by atoms with Gasteiger partial charge in [0, 0.05) is 26.3 Å². The van der Waals surface area contributed by atoms with Gasteiger partial charge in [0.25, 0.3) is 0 Å².